The van der Waals surface area contributed by atoms with Crippen molar-refractivity contribution in [2.24, 2.45) is 0 Å². The summed E-state index contributed by atoms with van der Waals surface area (Å²) in [5.41, 5.74) is 0. The molecule has 0 bridgehead atoms. The Morgan fingerprint density at radius 1 is 0.909 bits per heavy atom. The van der Waals surface area contributed by atoms with Crippen LogP contribution in [-0.4, -0.2) is 20.4 Å². The van der Waals surface area contributed by atoms with Gasteiger partial charge < -0.3 is 20.4 Å². The summed E-state index contributed by atoms with van der Waals surface area (Å²) in [5.74, 6) is -2.59. The van der Waals surface area contributed by atoms with Gasteiger partial charge in [-0.05, 0) is 0 Å². The van der Waals surface area contributed by atoms with E-state index in [1.807, 2.05) is 0 Å². The average molecular weight is 174 g/mol. The van der Waals surface area contributed by atoms with E-state index in [-0.39, 0.29) is 4.90 Å². The standard InChI is InChI=1S/C6H6O4S/c7-2-1-3(11)5(9)6(10)4(2)8/h1,7-11H. The molecule has 0 fully saturated rings. The first-order valence-corrected chi connectivity index (χ1v) is 3.14. The van der Waals surface area contributed by atoms with E-state index in [1.165, 1.54) is 0 Å². The number of phenolic OH excluding ortho intramolecular Hbond substituents is 4. The molecule has 0 saturated carbocycles. The number of rotatable bonds is 0. The van der Waals surface area contributed by atoms with Crippen molar-refractivity contribution in [3.05, 3.63) is 6.07 Å². The smallest absolute Gasteiger partial charge is 0.205 e. The summed E-state index contributed by atoms with van der Waals surface area (Å²) < 4.78 is 0. The van der Waals surface area contributed by atoms with Gasteiger partial charge in [-0.2, -0.15) is 0 Å². The molecule has 0 spiro atoms. The lowest BCUT2D eigenvalue weighted by Gasteiger charge is -2.04. The minimum Gasteiger partial charge on any atom is -0.504 e. The second-order valence-corrected chi connectivity index (χ2v) is 2.44. The molecule has 0 aromatic heterocycles. The number of hydrogen-bond acceptors (Lipinski definition) is 5. The van der Waals surface area contributed by atoms with E-state index in [0.717, 1.165) is 6.07 Å². The zero-order valence-corrected chi connectivity index (χ0v) is 6.21. The molecule has 0 amide bonds. The van der Waals surface area contributed by atoms with Gasteiger partial charge in [0.25, 0.3) is 0 Å². The largest absolute Gasteiger partial charge is 0.504 e. The van der Waals surface area contributed by atoms with Crippen LogP contribution >= 0.6 is 12.6 Å². The average Bonchev–Trinajstić information content (AvgIpc) is 1.97. The Morgan fingerprint density at radius 3 is 2.00 bits per heavy atom. The number of benzene rings is 1. The lowest BCUT2D eigenvalue weighted by molar-refractivity contribution is 0.340. The highest BCUT2D eigenvalue weighted by Gasteiger charge is 2.13. The topological polar surface area (TPSA) is 80.9 Å². The van der Waals surface area contributed by atoms with Gasteiger partial charge in [-0.15, -0.1) is 12.6 Å². The third-order valence-electron chi connectivity index (χ3n) is 1.21. The van der Waals surface area contributed by atoms with Gasteiger partial charge in [0.1, 0.15) is 0 Å². The van der Waals surface area contributed by atoms with Crippen molar-refractivity contribution in [2.75, 3.05) is 0 Å². The van der Waals surface area contributed by atoms with Gasteiger partial charge in [0.05, 0.1) is 4.90 Å². The second-order valence-electron chi connectivity index (χ2n) is 1.96. The molecule has 0 heterocycles. The third-order valence-corrected chi connectivity index (χ3v) is 1.55. The highest BCUT2D eigenvalue weighted by Crippen LogP contribution is 2.44. The molecule has 0 saturated heterocycles. The Kier molecular flexibility index (Phi) is 1.74. The van der Waals surface area contributed by atoms with E-state index in [4.69, 9.17) is 20.4 Å². The van der Waals surface area contributed by atoms with Crippen molar-refractivity contribution in [3.8, 4) is 23.0 Å². The highest BCUT2D eigenvalue weighted by atomic mass is 32.1. The quantitative estimate of drug-likeness (QED) is 0.229. The van der Waals surface area contributed by atoms with Crippen LogP contribution in [0.15, 0.2) is 11.0 Å². The molecule has 0 aliphatic carbocycles. The van der Waals surface area contributed by atoms with Crippen molar-refractivity contribution in [3.63, 3.8) is 0 Å². The molecule has 0 atom stereocenters. The highest BCUT2D eigenvalue weighted by molar-refractivity contribution is 7.80. The van der Waals surface area contributed by atoms with Crippen molar-refractivity contribution in [2.45, 2.75) is 4.90 Å². The van der Waals surface area contributed by atoms with E-state index in [9.17, 15) is 0 Å². The van der Waals surface area contributed by atoms with Gasteiger partial charge in [-0.3, -0.25) is 0 Å². The molecule has 4 nitrogen and oxygen atoms in total. The molecule has 0 aliphatic rings. The maximum atomic E-state index is 8.91. The maximum Gasteiger partial charge on any atom is 0.205 e. The minimum absolute atomic E-state index is 0.00204. The lowest BCUT2D eigenvalue weighted by Crippen LogP contribution is -1.75. The monoisotopic (exact) mass is 174 g/mol. The number of phenols is 4. The van der Waals surface area contributed by atoms with E-state index < -0.39 is 23.0 Å². The maximum absolute atomic E-state index is 8.91. The second kappa shape index (κ2) is 2.43. The van der Waals surface area contributed by atoms with Crippen molar-refractivity contribution in [1.82, 2.24) is 0 Å². The molecular weight excluding hydrogens is 168 g/mol. The molecule has 5 heteroatoms. The fourth-order valence-corrected chi connectivity index (χ4v) is 0.849. The predicted molar refractivity (Wildman–Crippen MR) is 40.4 cm³/mol. The summed E-state index contributed by atoms with van der Waals surface area (Å²) in [6.07, 6.45) is 0. The Morgan fingerprint density at radius 2 is 1.45 bits per heavy atom. The molecule has 4 N–H and O–H groups in total. The van der Waals surface area contributed by atoms with Crippen LogP contribution in [0.2, 0.25) is 0 Å². The molecule has 0 unspecified atom stereocenters. The SMILES string of the molecule is Oc1cc(S)c(O)c(O)c1O. The predicted octanol–water partition coefficient (Wildman–Crippen LogP) is 0.798. The summed E-state index contributed by atoms with van der Waals surface area (Å²) in [7, 11) is 0. The normalized spacial score (nSPS) is 9.91. The van der Waals surface area contributed by atoms with Crippen LogP contribution in [0.25, 0.3) is 0 Å². The van der Waals surface area contributed by atoms with Gasteiger partial charge in [0.15, 0.2) is 11.5 Å². The molecule has 0 radical (unpaired) electrons. The van der Waals surface area contributed by atoms with Gasteiger partial charge in [-0.1, -0.05) is 0 Å². The summed E-state index contributed by atoms with van der Waals surface area (Å²) in [6, 6.07) is 1.02. The first-order chi connectivity index (χ1) is 5.04. The summed E-state index contributed by atoms with van der Waals surface area (Å²) in [4.78, 5) is -0.00204. The number of hydrogen-bond donors (Lipinski definition) is 5. The molecule has 11 heavy (non-hydrogen) atoms. The first-order valence-electron chi connectivity index (χ1n) is 2.70. The lowest BCUT2D eigenvalue weighted by atomic mass is 10.3. The Labute approximate surface area is 67.8 Å². The van der Waals surface area contributed by atoms with Crippen LogP contribution in [0.5, 0.6) is 23.0 Å². The molecule has 1 rings (SSSR count). The molecule has 0 aliphatic heterocycles. The summed E-state index contributed by atoms with van der Waals surface area (Å²) >= 11 is 3.70. The fraction of sp³-hybridized carbons (Fsp3) is 0. The van der Waals surface area contributed by atoms with Crippen molar-refractivity contribution < 1.29 is 20.4 Å². The van der Waals surface area contributed by atoms with Crippen molar-refractivity contribution in [1.29, 1.82) is 0 Å². The van der Waals surface area contributed by atoms with Crippen molar-refractivity contribution >= 4 is 12.6 Å². The number of aromatic hydroxyl groups is 4. The van der Waals surface area contributed by atoms with E-state index in [0.29, 0.717) is 0 Å². The summed E-state index contributed by atoms with van der Waals surface area (Å²) in [6.45, 7) is 0. The summed E-state index contributed by atoms with van der Waals surface area (Å²) in [5, 5.41) is 35.4. The van der Waals surface area contributed by atoms with E-state index in [1.54, 1.807) is 0 Å². The van der Waals surface area contributed by atoms with Crippen LogP contribution in [-0.2, 0) is 0 Å². The Hall–Kier alpha value is -1.23. The van der Waals surface area contributed by atoms with Crippen LogP contribution < -0.4 is 0 Å². The fourth-order valence-electron chi connectivity index (χ4n) is 0.621. The molecule has 1 aromatic carbocycles. The Balaban J connectivity index is 3.46. The third kappa shape index (κ3) is 1.14. The zero-order valence-electron chi connectivity index (χ0n) is 5.31. The first kappa shape index (κ1) is 7.87. The van der Waals surface area contributed by atoms with Gasteiger partial charge in [0.2, 0.25) is 11.5 Å². The van der Waals surface area contributed by atoms with Gasteiger partial charge in [-0.25, -0.2) is 0 Å². The van der Waals surface area contributed by atoms with Gasteiger partial charge in [0, 0.05) is 6.07 Å². The van der Waals surface area contributed by atoms with E-state index in [2.05, 4.69) is 12.6 Å². The van der Waals surface area contributed by atoms with Crippen LogP contribution in [0.3, 0.4) is 0 Å². The number of thiol groups is 1. The van der Waals surface area contributed by atoms with Crippen LogP contribution in [0, 0.1) is 0 Å². The van der Waals surface area contributed by atoms with Crippen LogP contribution in [0.4, 0.5) is 0 Å². The zero-order chi connectivity index (χ0) is 8.59. The van der Waals surface area contributed by atoms with Crippen LogP contribution in [0.1, 0.15) is 0 Å². The van der Waals surface area contributed by atoms with E-state index >= 15 is 0 Å². The molecule has 60 valence electrons. The Bertz CT molecular complexity index is 271. The molecule has 1 aromatic rings. The van der Waals surface area contributed by atoms with Gasteiger partial charge >= 0.3 is 0 Å². The minimum atomic E-state index is -0.769. The molecular formula is C6H6O4S.